The van der Waals surface area contributed by atoms with E-state index in [1.54, 1.807) is 0 Å². The summed E-state index contributed by atoms with van der Waals surface area (Å²) >= 11 is 0. The molecule has 0 bridgehead atoms. The molecule has 0 aromatic rings. The third-order valence-electron chi connectivity index (χ3n) is 14.7. The van der Waals surface area contributed by atoms with Crippen LogP contribution in [0.25, 0.3) is 0 Å². The van der Waals surface area contributed by atoms with Crippen molar-refractivity contribution in [2.75, 3.05) is 33.0 Å². The summed E-state index contributed by atoms with van der Waals surface area (Å²) in [6.07, 6.45) is 47.1. The highest BCUT2D eigenvalue weighted by Crippen LogP contribution is 2.27. The first-order valence-corrected chi connectivity index (χ1v) is 31.4. The van der Waals surface area contributed by atoms with Gasteiger partial charge in [-0.3, -0.25) is 4.79 Å². The predicted octanol–water partition coefficient (Wildman–Crippen LogP) is 12.0. The van der Waals surface area contributed by atoms with Crippen LogP contribution in [0.2, 0.25) is 0 Å². The van der Waals surface area contributed by atoms with Crippen LogP contribution in [-0.2, 0) is 33.2 Å². The molecule has 11 atom stereocenters. The van der Waals surface area contributed by atoms with Crippen molar-refractivity contribution in [3.63, 3.8) is 0 Å². The average Bonchev–Trinajstić information content (AvgIpc) is 3.45. The molecule has 11 unspecified atom stereocenters. The Bertz CT molecular complexity index is 1520. The number of hydrogen-bond acceptors (Lipinski definition) is 14. The van der Waals surface area contributed by atoms with Crippen molar-refractivity contribution >= 4 is 5.97 Å². The standard InChI is InChI=1S/C64H114O14/c1-3-5-7-9-11-13-15-17-19-21-23-24-25-26-27-28-29-30-32-34-36-38-40-42-44-46-48-73-50-53(76-56(66)47-45-43-41-39-37-35-33-31-22-20-18-16-14-12-10-8-6-4-2)51-74-63-62(72)60(70)58(68)55(78-63)52-75-64-61(71)59(69)57(67)54(49-65)77-64/h14-17,20-23,25-26,53-55,57-65,67-72H,3-13,18-19,24,27-52H2,1-2H3/b16-14-,17-15-,22-20-,23-21-,26-25-. The summed E-state index contributed by atoms with van der Waals surface area (Å²) in [7, 11) is 0. The van der Waals surface area contributed by atoms with Crippen LogP contribution in [-0.4, -0.2) is 142 Å². The van der Waals surface area contributed by atoms with Crippen LogP contribution in [0.5, 0.6) is 0 Å². The molecule has 454 valence electrons. The fourth-order valence-electron chi connectivity index (χ4n) is 9.68. The summed E-state index contributed by atoms with van der Waals surface area (Å²) in [6.45, 7) is 3.67. The van der Waals surface area contributed by atoms with Crippen molar-refractivity contribution in [2.45, 2.75) is 306 Å². The smallest absolute Gasteiger partial charge is 0.306 e. The molecular formula is C64H114O14. The Labute approximate surface area is 473 Å². The number of ether oxygens (including phenoxy) is 6. The summed E-state index contributed by atoms with van der Waals surface area (Å²) in [4.78, 5) is 13.1. The van der Waals surface area contributed by atoms with Crippen molar-refractivity contribution in [1.82, 2.24) is 0 Å². The van der Waals surface area contributed by atoms with E-state index < -0.39 is 80.7 Å². The van der Waals surface area contributed by atoms with Gasteiger partial charge in [0, 0.05) is 13.0 Å². The molecule has 14 heteroatoms. The van der Waals surface area contributed by atoms with E-state index in [9.17, 15) is 40.5 Å². The number of aliphatic hydroxyl groups excluding tert-OH is 7. The lowest BCUT2D eigenvalue weighted by Crippen LogP contribution is -2.61. The molecule has 78 heavy (non-hydrogen) atoms. The lowest BCUT2D eigenvalue weighted by atomic mass is 9.98. The molecule has 14 nitrogen and oxygen atoms in total. The number of unbranched alkanes of at least 4 members (excludes halogenated alkanes) is 27. The molecular weight excluding hydrogens is 993 g/mol. The fourth-order valence-corrected chi connectivity index (χ4v) is 9.68. The highest BCUT2D eigenvalue weighted by molar-refractivity contribution is 5.69. The van der Waals surface area contributed by atoms with Crippen LogP contribution in [0.4, 0.5) is 0 Å². The van der Waals surface area contributed by atoms with E-state index in [1.807, 2.05) is 0 Å². The molecule has 2 aliphatic rings. The van der Waals surface area contributed by atoms with Gasteiger partial charge in [-0.25, -0.2) is 0 Å². The second-order valence-electron chi connectivity index (χ2n) is 21.9. The molecule has 0 aromatic carbocycles. The van der Waals surface area contributed by atoms with Gasteiger partial charge in [0.25, 0.3) is 0 Å². The molecule has 7 N–H and O–H groups in total. The zero-order valence-corrected chi connectivity index (χ0v) is 48.9. The van der Waals surface area contributed by atoms with Gasteiger partial charge in [0.05, 0.1) is 26.4 Å². The summed E-state index contributed by atoms with van der Waals surface area (Å²) in [5, 5.41) is 72.4. The number of carbonyl (C=O) groups excluding carboxylic acids is 1. The van der Waals surface area contributed by atoms with Crippen LogP contribution in [0.3, 0.4) is 0 Å². The molecule has 0 aliphatic carbocycles. The summed E-state index contributed by atoms with van der Waals surface area (Å²) in [5.41, 5.74) is 0. The molecule has 2 rings (SSSR count). The molecule has 2 saturated heterocycles. The van der Waals surface area contributed by atoms with E-state index in [0.29, 0.717) is 13.0 Å². The first-order chi connectivity index (χ1) is 38.1. The van der Waals surface area contributed by atoms with Gasteiger partial charge in [-0.05, 0) is 83.5 Å². The zero-order chi connectivity index (χ0) is 56.5. The lowest BCUT2D eigenvalue weighted by molar-refractivity contribution is -0.332. The first-order valence-electron chi connectivity index (χ1n) is 31.4. The third-order valence-corrected chi connectivity index (χ3v) is 14.7. The highest BCUT2D eigenvalue weighted by atomic mass is 16.7. The van der Waals surface area contributed by atoms with Gasteiger partial charge in [0.1, 0.15) is 54.9 Å². The number of rotatable bonds is 51. The molecule has 2 aliphatic heterocycles. The molecule has 0 amide bonds. The monoisotopic (exact) mass is 1110 g/mol. The van der Waals surface area contributed by atoms with E-state index in [0.717, 1.165) is 64.2 Å². The Hall–Kier alpha value is -2.31. The summed E-state index contributed by atoms with van der Waals surface area (Å²) in [5.74, 6) is -0.384. The van der Waals surface area contributed by atoms with Gasteiger partial charge in [-0.15, -0.1) is 0 Å². The summed E-state index contributed by atoms with van der Waals surface area (Å²) < 4.78 is 34.4. The second-order valence-corrected chi connectivity index (χ2v) is 21.9. The first kappa shape index (κ1) is 71.8. The van der Waals surface area contributed by atoms with Crippen LogP contribution in [0, 0.1) is 0 Å². The van der Waals surface area contributed by atoms with Crippen LogP contribution < -0.4 is 0 Å². The molecule has 0 radical (unpaired) electrons. The normalized spacial score (nSPS) is 24.5. The van der Waals surface area contributed by atoms with Crippen molar-refractivity contribution in [1.29, 1.82) is 0 Å². The van der Waals surface area contributed by atoms with E-state index >= 15 is 0 Å². The Balaban J connectivity index is 1.68. The zero-order valence-electron chi connectivity index (χ0n) is 48.9. The second kappa shape index (κ2) is 50.4. The number of aliphatic hydroxyl groups is 7. The van der Waals surface area contributed by atoms with Gasteiger partial charge in [0.15, 0.2) is 12.6 Å². The number of hydrogen-bond donors (Lipinski definition) is 7. The van der Waals surface area contributed by atoms with Gasteiger partial charge < -0.3 is 64.2 Å². The van der Waals surface area contributed by atoms with Crippen molar-refractivity contribution in [3.8, 4) is 0 Å². The topological polar surface area (TPSA) is 214 Å². The minimum Gasteiger partial charge on any atom is -0.457 e. The average molecular weight is 1110 g/mol. The quantitative estimate of drug-likeness (QED) is 0.0172. The third kappa shape index (κ3) is 36.2. The fraction of sp³-hybridized carbons (Fsp3) is 0.828. The van der Waals surface area contributed by atoms with Crippen molar-refractivity contribution in [2.24, 2.45) is 0 Å². The molecule has 0 spiro atoms. The maximum absolute atomic E-state index is 13.1. The SMILES string of the molecule is CCCCCC/C=C\C/C=C\CCCCCCCCCC(=O)OC(COCCCCCCCCCCCCC/C=C\C/C=C\C/C=C\CCCCCCC)COC1OC(COC2OC(CO)C(O)C(O)C2O)C(O)C(O)C1O. The van der Waals surface area contributed by atoms with Crippen LogP contribution >= 0.6 is 0 Å². The van der Waals surface area contributed by atoms with Crippen LogP contribution in [0.1, 0.15) is 239 Å². The molecule has 2 fully saturated rings. The largest absolute Gasteiger partial charge is 0.457 e. The van der Waals surface area contributed by atoms with E-state index in [2.05, 4.69) is 74.6 Å². The Morgan fingerprint density at radius 3 is 1.26 bits per heavy atom. The Morgan fingerprint density at radius 1 is 0.423 bits per heavy atom. The molecule has 0 aromatic heterocycles. The van der Waals surface area contributed by atoms with E-state index in [-0.39, 0.29) is 25.6 Å². The van der Waals surface area contributed by atoms with E-state index in [1.165, 1.54) is 148 Å². The summed E-state index contributed by atoms with van der Waals surface area (Å²) in [6, 6.07) is 0. The Morgan fingerprint density at radius 2 is 0.795 bits per heavy atom. The van der Waals surface area contributed by atoms with Gasteiger partial charge >= 0.3 is 5.97 Å². The maximum atomic E-state index is 13.1. The van der Waals surface area contributed by atoms with E-state index in [4.69, 9.17) is 28.4 Å². The highest BCUT2D eigenvalue weighted by Gasteiger charge is 2.47. The number of allylic oxidation sites excluding steroid dienone is 10. The number of carbonyl (C=O) groups is 1. The minimum absolute atomic E-state index is 0.0550. The predicted molar refractivity (Wildman–Crippen MR) is 312 cm³/mol. The van der Waals surface area contributed by atoms with Crippen molar-refractivity contribution in [3.05, 3.63) is 60.8 Å². The van der Waals surface area contributed by atoms with Crippen molar-refractivity contribution < 1.29 is 69.0 Å². The molecule has 2 heterocycles. The van der Waals surface area contributed by atoms with Gasteiger partial charge in [-0.2, -0.15) is 0 Å². The minimum atomic E-state index is -1.71. The maximum Gasteiger partial charge on any atom is 0.306 e. The molecule has 0 saturated carbocycles. The van der Waals surface area contributed by atoms with Crippen LogP contribution in [0.15, 0.2) is 60.8 Å². The van der Waals surface area contributed by atoms with Gasteiger partial charge in [0.2, 0.25) is 0 Å². The van der Waals surface area contributed by atoms with Gasteiger partial charge in [-0.1, -0.05) is 209 Å². The number of esters is 1. The lowest BCUT2D eigenvalue weighted by Gasteiger charge is -2.42. The Kier molecular flexibility index (Phi) is 46.4.